The second kappa shape index (κ2) is 9.06. The molecule has 0 bridgehead atoms. The number of alkyl halides is 2. The summed E-state index contributed by atoms with van der Waals surface area (Å²) in [6, 6.07) is 7.60. The van der Waals surface area contributed by atoms with E-state index in [0.717, 1.165) is 23.4 Å². The van der Waals surface area contributed by atoms with E-state index >= 15 is 0 Å². The van der Waals surface area contributed by atoms with Crippen molar-refractivity contribution in [2.24, 2.45) is 5.92 Å². The molecule has 3 nitrogen and oxygen atoms in total. The van der Waals surface area contributed by atoms with Crippen LogP contribution in [0.15, 0.2) is 36.0 Å². The minimum absolute atomic E-state index is 0.298. The number of ether oxygens (including phenoxy) is 1. The van der Waals surface area contributed by atoms with Crippen molar-refractivity contribution in [1.29, 1.82) is 0 Å². The number of benzene rings is 1. The number of rotatable bonds is 7. The van der Waals surface area contributed by atoms with Crippen LogP contribution in [0.2, 0.25) is 0 Å². The van der Waals surface area contributed by atoms with E-state index < -0.39 is 4.84 Å². The summed E-state index contributed by atoms with van der Waals surface area (Å²) in [6.07, 6.45) is 2.73. The molecule has 1 aromatic rings. The van der Waals surface area contributed by atoms with Crippen LogP contribution >= 0.6 is 23.2 Å². The number of halogens is 2. The molecule has 0 heterocycles. The lowest BCUT2D eigenvalue weighted by Gasteiger charge is -2.27. The predicted octanol–water partition coefficient (Wildman–Crippen LogP) is 4.78. The van der Waals surface area contributed by atoms with E-state index in [9.17, 15) is 4.79 Å². The van der Waals surface area contributed by atoms with E-state index in [-0.39, 0.29) is 5.91 Å². The molecule has 0 aliphatic carbocycles. The maximum atomic E-state index is 12.3. The van der Waals surface area contributed by atoms with E-state index in [1.54, 1.807) is 12.0 Å². The van der Waals surface area contributed by atoms with Gasteiger partial charge in [-0.05, 0) is 37.0 Å². The first-order valence-corrected chi connectivity index (χ1v) is 8.14. The Hall–Kier alpha value is -1.19. The lowest BCUT2D eigenvalue weighted by Crippen LogP contribution is -2.34. The summed E-state index contributed by atoms with van der Waals surface area (Å²) in [5.41, 5.74) is 1.92. The summed E-state index contributed by atoms with van der Waals surface area (Å²) < 4.78 is 5.15. The first kappa shape index (κ1) is 18.9. The van der Waals surface area contributed by atoms with E-state index in [1.807, 2.05) is 37.3 Å². The minimum Gasteiger partial charge on any atom is -0.497 e. The van der Waals surface area contributed by atoms with Crippen LogP contribution in [-0.4, -0.2) is 22.8 Å². The summed E-state index contributed by atoms with van der Waals surface area (Å²) in [5, 5.41) is 0. The second-order valence-electron chi connectivity index (χ2n) is 5.45. The van der Waals surface area contributed by atoms with Crippen molar-refractivity contribution in [2.75, 3.05) is 7.11 Å². The summed E-state index contributed by atoms with van der Waals surface area (Å²) in [6.45, 7) is 6.57. The number of hydrogen-bond acceptors (Lipinski definition) is 2. The number of carbonyl (C=O) groups excluding carboxylic acids is 1. The first-order valence-electron chi connectivity index (χ1n) is 7.26. The number of amides is 1. The highest BCUT2D eigenvalue weighted by Gasteiger charge is 2.24. The number of carbonyl (C=O) groups is 1. The fourth-order valence-corrected chi connectivity index (χ4v) is 2.39. The zero-order valence-electron chi connectivity index (χ0n) is 13.5. The molecule has 122 valence electrons. The summed E-state index contributed by atoms with van der Waals surface area (Å²) in [4.78, 5) is 12.9. The summed E-state index contributed by atoms with van der Waals surface area (Å²) in [7, 11) is 1.62. The van der Waals surface area contributed by atoms with Gasteiger partial charge in [0, 0.05) is 5.70 Å². The molecular formula is C17H23Cl2NO2. The molecule has 0 unspecified atom stereocenters. The molecule has 0 saturated heterocycles. The third-order valence-electron chi connectivity index (χ3n) is 3.25. The Morgan fingerprint density at radius 3 is 2.27 bits per heavy atom. The van der Waals surface area contributed by atoms with Gasteiger partial charge < -0.3 is 9.64 Å². The number of nitrogens with zero attached hydrogens (tertiary/aromatic N) is 1. The molecule has 0 aliphatic heterocycles. The predicted molar refractivity (Wildman–Crippen MR) is 92.3 cm³/mol. The Labute approximate surface area is 142 Å². The van der Waals surface area contributed by atoms with E-state index in [1.165, 1.54) is 0 Å². The Morgan fingerprint density at radius 1 is 1.27 bits per heavy atom. The standard InChI is InChI=1S/C17H23Cl2NO2/c1-5-14(10-12(2)3)20(17(21)16(18)19)11-13-6-8-15(22-4)9-7-13/h5-9,12,16H,10-11H2,1-4H3/b14-5+. The van der Waals surface area contributed by atoms with Gasteiger partial charge in [-0.3, -0.25) is 4.79 Å². The van der Waals surface area contributed by atoms with Crippen LogP contribution in [0.5, 0.6) is 5.75 Å². The third kappa shape index (κ3) is 5.54. The number of methoxy groups -OCH3 is 1. The molecule has 1 rings (SSSR count). The maximum absolute atomic E-state index is 12.3. The van der Waals surface area contributed by atoms with Crippen molar-refractivity contribution >= 4 is 29.1 Å². The molecule has 1 aromatic carbocycles. The first-order chi connectivity index (χ1) is 10.4. The van der Waals surface area contributed by atoms with Gasteiger partial charge in [0.25, 0.3) is 5.91 Å². The Morgan fingerprint density at radius 2 is 1.86 bits per heavy atom. The maximum Gasteiger partial charge on any atom is 0.260 e. The van der Waals surface area contributed by atoms with Crippen molar-refractivity contribution in [3.63, 3.8) is 0 Å². The van der Waals surface area contributed by atoms with Gasteiger partial charge in [-0.15, -0.1) is 0 Å². The molecular weight excluding hydrogens is 321 g/mol. The summed E-state index contributed by atoms with van der Waals surface area (Å²) in [5.74, 6) is 0.914. The van der Waals surface area contributed by atoms with Gasteiger partial charge in [-0.1, -0.05) is 55.3 Å². The van der Waals surface area contributed by atoms with Gasteiger partial charge in [0.1, 0.15) is 5.75 Å². The van der Waals surface area contributed by atoms with Crippen molar-refractivity contribution < 1.29 is 9.53 Å². The zero-order valence-corrected chi connectivity index (χ0v) is 15.0. The molecule has 0 fully saturated rings. The average molecular weight is 344 g/mol. The largest absolute Gasteiger partial charge is 0.497 e. The fourth-order valence-electron chi connectivity index (χ4n) is 2.15. The SMILES string of the molecule is C/C=C(\CC(C)C)N(Cc1ccc(OC)cc1)C(=O)C(Cl)Cl. The summed E-state index contributed by atoms with van der Waals surface area (Å²) >= 11 is 11.6. The molecule has 0 aliphatic rings. The normalized spacial score (nSPS) is 11.9. The van der Waals surface area contributed by atoms with Crippen molar-refractivity contribution in [2.45, 2.75) is 38.6 Å². The minimum atomic E-state index is -1.07. The lowest BCUT2D eigenvalue weighted by atomic mass is 10.1. The quantitative estimate of drug-likeness (QED) is 0.667. The highest BCUT2D eigenvalue weighted by atomic mass is 35.5. The molecule has 1 amide bonds. The second-order valence-corrected chi connectivity index (χ2v) is 6.55. The Kier molecular flexibility index (Phi) is 7.77. The Balaban J connectivity index is 3.01. The third-order valence-corrected chi connectivity index (χ3v) is 3.62. The molecule has 5 heteroatoms. The van der Waals surface area contributed by atoms with Crippen LogP contribution in [0.3, 0.4) is 0 Å². The smallest absolute Gasteiger partial charge is 0.260 e. The molecule has 0 spiro atoms. The zero-order chi connectivity index (χ0) is 16.7. The fraction of sp³-hybridized carbons (Fsp3) is 0.471. The van der Waals surface area contributed by atoms with Gasteiger partial charge in [-0.2, -0.15) is 0 Å². The van der Waals surface area contributed by atoms with E-state index in [0.29, 0.717) is 12.5 Å². The number of allylic oxidation sites excluding steroid dienone is 2. The van der Waals surface area contributed by atoms with Gasteiger partial charge in [0.2, 0.25) is 0 Å². The van der Waals surface area contributed by atoms with Gasteiger partial charge in [-0.25, -0.2) is 0 Å². The van der Waals surface area contributed by atoms with Crippen LogP contribution in [0.4, 0.5) is 0 Å². The molecule has 0 aromatic heterocycles. The van der Waals surface area contributed by atoms with Crippen LogP contribution < -0.4 is 4.74 Å². The topological polar surface area (TPSA) is 29.5 Å². The van der Waals surface area contributed by atoms with Gasteiger partial charge in [0.05, 0.1) is 13.7 Å². The highest BCUT2D eigenvalue weighted by Crippen LogP contribution is 2.23. The molecule has 22 heavy (non-hydrogen) atoms. The van der Waals surface area contributed by atoms with E-state index in [4.69, 9.17) is 27.9 Å². The number of hydrogen-bond donors (Lipinski definition) is 0. The van der Waals surface area contributed by atoms with Crippen LogP contribution in [0.1, 0.15) is 32.8 Å². The van der Waals surface area contributed by atoms with Crippen molar-refractivity contribution in [1.82, 2.24) is 4.90 Å². The molecule has 0 atom stereocenters. The van der Waals surface area contributed by atoms with Crippen LogP contribution in [-0.2, 0) is 11.3 Å². The average Bonchev–Trinajstić information content (AvgIpc) is 2.50. The van der Waals surface area contributed by atoms with Crippen LogP contribution in [0, 0.1) is 5.92 Å². The molecule has 0 radical (unpaired) electrons. The van der Waals surface area contributed by atoms with Gasteiger partial charge in [0.15, 0.2) is 4.84 Å². The van der Waals surface area contributed by atoms with Crippen molar-refractivity contribution in [3.8, 4) is 5.75 Å². The van der Waals surface area contributed by atoms with Crippen LogP contribution in [0.25, 0.3) is 0 Å². The van der Waals surface area contributed by atoms with Crippen molar-refractivity contribution in [3.05, 3.63) is 41.6 Å². The van der Waals surface area contributed by atoms with Gasteiger partial charge >= 0.3 is 0 Å². The monoisotopic (exact) mass is 343 g/mol. The van der Waals surface area contributed by atoms with E-state index in [2.05, 4.69) is 13.8 Å². The lowest BCUT2D eigenvalue weighted by molar-refractivity contribution is -0.128. The molecule has 0 N–H and O–H groups in total. The highest BCUT2D eigenvalue weighted by molar-refractivity contribution is 6.53. The Bertz CT molecular complexity index is 510. The molecule has 0 saturated carbocycles.